The van der Waals surface area contributed by atoms with Crippen LogP contribution < -0.4 is 14.0 Å². The van der Waals surface area contributed by atoms with Gasteiger partial charge in [-0.3, -0.25) is 0 Å². The summed E-state index contributed by atoms with van der Waals surface area (Å²) in [6, 6.07) is 0. The molecule has 0 aliphatic rings. The molecule has 0 unspecified atom stereocenters. The van der Waals surface area contributed by atoms with Crippen LogP contribution in [0.5, 0.6) is 0 Å². The van der Waals surface area contributed by atoms with Crippen molar-refractivity contribution < 1.29 is 16.8 Å². The number of rotatable bonds is 3. The summed E-state index contributed by atoms with van der Waals surface area (Å²) in [5, 5.41) is 4.34. The Hall–Kier alpha value is -0.220. The lowest BCUT2D eigenvalue weighted by Crippen LogP contribution is -2.41. The van der Waals surface area contributed by atoms with Crippen LogP contribution in [0.2, 0.25) is 0 Å². The summed E-state index contributed by atoms with van der Waals surface area (Å²) in [5.41, 5.74) is 0. The molecule has 0 spiro atoms. The zero-order valence-electron chi connectivity index (χ0n) is 5.03. The summed E-state index contributed by atoms with van der Waals surface area (Å²) in [4.78, 5) is 0. The molecule has 0 fully saturated rings. The van der Waals surface area contributed by atoms with E-state index in [-0.39, 0.29) is 0 Å². The number of hydrogen-bond acceptors (Lipinski definition) is 4. The number of nitrogens with one attached hydrogen (secondary N) is 2. The van der Waals surface area contributed by atoms with Gasteiger partial charge in [0.05, 0.1) is 0 Å². The van der Waals surface area contributed by atoms with E-state index in [0.29, 0.717) is 0 Å². The van der Waals surface area contributed by atoms with Gasteiger partial charge in [-0.1, -0.05) is 4.13 Å². The average molecular weight is 189 g/mol. The van der Waals surface area contributed by atoms with Crippen LogP contribution >= 0.6 is 0 Å². The van der Waals surface area contributed by atoms with Crippen LogP contribution in [0.25, 0.3) is 0 Å². The maximum absolute atomic E-state index is 10.3. The fourth-order valence-corrected chi connectivity index (χ4v) is 1.75. The third kappa shape index (κ3) is 4.64. The van der Waals surface area contributed by atoms with Crippen LogP contribution in [-0.2, 0) is 20.4 Å². The maximum atomic E-state index is 10.3. The zero-order chi connectivity index (χ0) is 8.41. The van der Waals surface area contributed by atoms with E-state index in [1.807, 2.05) is 0 Å². The van der Waals surface area contributed by atoms with Gasteiger partial charge < -0.3 is 0 Å². The van der Waals surface area contributed by atoms with E-state index >= 15 is 0 Å². The molecule has 9 heteroatoms. The van der Waals surface area contributed by atoms with Crippen molar-refractivity contribution >= 4 is 20.4 Å². The first-order chi connectivity index (χ1) is 4.27. The molecule has 62 valence electrons. The third-order valence-corrected chi connectivity index (χ3v) is 2.84. The van der Waals surface area contributed by atoms with Gasteiger partial charge in [-0.05, 0) is 0 Å². The van der Waals surface area contributed by atoms with E-state index in [1.54, 1.807) is 4.72 Å². The van der Waals surface area contributed by atoms with Crippen molar-refractivity contribution in [1.82, 2.24) is 8.85 Å². The van der Waals surface area contributed by atoms with Crippen molar-refractivity contribution in [3.63, 3.8) is 0 Å². The highest BCUT2D eigenvalue weighted by molar-refractivity contribution is 8.02. The molecule has 4 N–H and O–H groups in total. The van der Waals surface area contributed by atoms with Gasteiger partial charge in [-0.2, -0.15) is 16.8 Å². The molecule has 0 aliphatic heterocycles. The Bertz CT molecular complexity index is 286. The summed E-state index contributed by atoms with van der Waals surface area (Å²) >= 11 is 0. The van der Waals surface area contributed by atoms with Gasteiger partial charge in [0.15, 0.2) is 0 Å². The van der Waals surface area contributed by atoms with Crippen molar-refractivity contribution in [1.29, 1.82) is 0 Å². The van der Waals surface area contributed by atoms with E-state index in [9.17, 15) is 16.8 Å². The first-order valence-corrected chi connectivity index (χ1v) is 5.04. The Morgan fingerprint density at radius 2 is 1.60 bits per heavy atom. The Morgan fingerprint density at radius 1 is 1.20 bits per heavy atom. The zero-order valence-corrected chi connectivity index (χ0v) is 6.66. The minimum atomic E-state index is -4.19. The van der Waals surface area contributed by atoms with Crippen LogP contribution in [-0.4, -0.2) is 23.9 Å². The highest BCUT2D eigenvalue weighted by Crippen LogP contribution is 1.75. The fraction of sp³-hybridized carbons (Fsp3) is 1.00. The molecular formula is CH7N3O4S2. The molecule has 0 aromatic carbocycles. The van der Waals surface area contributed by atoms with Gasteiger partial charge in [0.1, 0.15) is 0 Å². The van der Waals surface area contributed by atoms with Crippen molar-refractivity contribution in [2.45, 2.75) is 0 Å². The normalized spacial score (nSPS) is 13.4. The fourth-order valence-electron chi connectivity index (χ4n) is 0.195. The van der Waals surface area contributed by atoms with E-state index in [0.717, 1.165) is 11.2 Å². The number of hydrogen-bond donors (Lipinski definition) is 3. The Kier molecular flexibility index (Phi) is 2.74. The summed E-state index contributed by atoms with van der Waals surface area (Å²) in [6.07, 6.45) is 0. The summed E-state index contributed by atoms with van der Waals surface area (Å²) < 4.78 is 43.6. The van der Waals surface area contributed by atoms with E-state index in [2.05, 4.69) is 5.14 Å². The summed E-state index contributed by atoms with van der Waals surface area (Å²) in [7, 11) is -7.14. The van der Waals surface area contributed by atoms with Gasteiger partial charge in [-0.15, -0.1) is 0 Å². The first-order valence-electron chi connectivity index (χ1n) is 2.01. The van der Waals surface area contributed by atoms with Crippen molar-refractivity contribution in [3.8, 4) is 0 Å². The predicted molar refractivity (Wildman–Crippen MR) is 34.2 cm³/mol. The molecular weight excluding hydrogens is 182 g/mol. The minimum absolute atomic E-state index is 1.05. The van der Waals surface area contributed by atoms with Crippen molar-refractivity contribution in [2.75, 3.05) is 7.05 Å². The molecule has 0 saturated heterocycles. The molecule has 0 aliphatic carbocycles. The van der Waals surface area contributed by atoms with Gasteiger partial charge >= 0.3 is 0 Å². The molecule has 0 aromatic heterocycles. The molecule has 0 radical (unpaired) electrons. The molecule has 7 nitrogen and oxygen atoms in total. The van der Waals surface area contributed by atoms with Crippen LogP contribution in [0, 0.1) is 0 Å². The Labute approximate surface area is 59.0 Å². The third-order valence-electron chi connectivity index (χ3n) is 0.495. The van der Waals surface area contributed by atoms with Gasteiger partial charge in [0, 0.05) is 7.05 Å². The molecule has 0 aromatic rings. The average Bonchev–Trinajstić information content (AvgIpc) is 1.60. The van der Waals surface area contributed by atoms with E-state index in [1.165, 1.54) is 0 Å². The highest BCUT2D eigenvalue weighted by atomic mass is 32.3. The van der Waals surface area contributed by atoms with Crippen LogP contribution in [0.3, 0.4) is 0 Å². The van der Waals surface area contributed by atoms with Crippen molar-refractivity contribution in [3.05, 3.63) is 0 Å². The lowest BCUT2D eigenvalue weighted by Gasteiger charge is -1.99. The molecule has 10 heavy (non-hydrogen) atoms. The molecule has 0 bridgehead atoms. The van der Waals surface area contributed by atoms with Crippen LogP contribution in [0.1, 0.15) is 0 Å². The topological polar surface area (TPSA) is 118 Å². The van der Waals surface area contributed by atoms with Gasteiger partial charge in [-0.25, -0.2) is 9.86 Å². The van der Waals surface area contributed by atoms with Crippen LogP contribution in [0.15, 0.2) is 0 Å². The maximum Gasteiger partial charge on any atom is 0.290 e. The first kappa shape index (κ1) is 9.78. The largest absolute Gasteiger partial charge is 0.290 e. The van der Waals surface area contributed by atoms with Crippen molar-refractivity contribution in [2.24, 2.45) is 5.14 Å². The molecule has 0 heterocycles. The Morgan fingerprint density at radius 3 is 1.70 bits per heavy atom. The second-order valence-corrected chi connectivity index (χ2v) is 4.51. The summed E-state index contributed by atoms with van der Waals surface area (Å²) in [6.45, 7) is 0. The molecule has 0 atom stereocenters. The second-order valence-electron chi connectivity index (χ2n) is 1.34. The smallest absolute Gasteiger partial charge is 0.215 e. The molecule has 0 rings (SSSR count). The standard InChI is InChI=1S/CH7N3O4S2/c1-3-10(7,8)4-9(2,5)6/h3-4H,1H3,(H2,2,5,6). The van der Waals surface area contributed by atoms with Gasteiger partial charge in [0.25, 0.3) is 20.4 Å². The predicted octanol–water partition coefficient (Wildman–Crippen LogP) is -2.76. The Balaban J connectivity index is 4.49. The highest BCUT2D eigenvalue weighted by Gasteiger charge is 2.12. The SMILES string of the molecule is CNS(=O)(=O)NS(N)(=O)=O. The lowest BCUT2D eigenvalue weighted by atomic mass is 11.6. The monoisotopic (exact) mass is 189 g/mol. The quantitative estimate of drug-likeness (QED) is 0.445. The van der Waals surface area contributed by atoms with E-state index < -0.39 is 20.4 Å². The van der Waals surface area contributed by atoms with Gasteiger partial charge in [0.2, 0.25) is 0 Å². The minimum Gasteiger partial charge on any atom is -0.215 e. The molecule has 0 saturated carbocycles. The lowest BCUT2D eigenvalue weighted by molar-refractivity contribution is 0.573. The number of nitrogens with two attached hydrogens (primary N) is 1. The molecule has 0 amide bonds. The summed E-state index contributed by atoms with van der Waals surface area (Å²) in [5.74, 6) is 0. The second kappa shape index (κ2) is 2.80. The van der Waals surface area contributed by atoms with Crippen LogP contribution in [0.4, 0.5) is 0 Å². The van der Waals surface area contributed by atoms with E-state index in [4.69, 9.17) is 0 Å².